The molecule has 14 heteroatoms. The molecule has 2 saturated heterocycles. The Balaban J connectivity index is 0.00000209. The summed E-state index contributed by atoms with van der Waals surface area (Å²) in [7, 11) is 1.30. The van der Waals surface area contributed by atoms with Crippen molar-refractivity contribution in [2.24, 2.45) is 5.92 Å². The summed E-state index contributed by atoms with van der Waals surface area (Å²) in [5.74, 6) is 1.53. The number of ether oxygens (including phenoxy) is 1. The van der Waals surface area contributed by atoms with E-state index in [9.17, 15) is 9.59 Å². The highest BCUT2D eigenvalue weighted by atomic mass is 35.5. The van der Waals surface area contributed by atoms with E-state index in [1.54, 1.807) is 11.8 Å². The molecule has 2 aliphatic rings. The SMILES string of the molecule is COC(=O)N[C@H](C(=O)N1CCC[C@H]1c1ncc(-c2ccc(-c3ccc(-c4cnc([C@@H]5CCCN5)[nH]4)cc3)c(Sc3ccccc3)c2)[nH]1)C(C)C.Cl.Cl.Cl. The Hall–Kier alpha value is -4.00. The minimum atomic E-state index is -0.678. The van der Waals surface area contributed by atoms with Gasteiger partial charge in [0.25, 0.3) is 0 Å². The molecule has 0 aliphatic carbocycles. The third-order valence-electron chi connectivity index (χ3n) is 9.59. The van der Waals surface area contributed by atoms with Gasteiger partial charge in [-0.15, -0.1) is 37.2 Å². The number of hydrogen-bond donors (Lipinski definition) is 4. The maximum Gasteiger partial charge on any atom is 0.407 e. The number of imidazole rings is 2. The fourth-order valence-electron chi connectivity index (χ4n) is 6.88. The van der Waals surface area contributed by atoms with Gasteiger partial charge in [-0.3, -0.25) is 4.79 Å². The number of aromatic nitrogens is 4. The molecule has 5 aromatic rings. The molecule has 2 fully saturated rings. The van der Waals surface area contributed by atoms with Crippen LogP contribution in [0.5, 0.6) is 0 Å². The van der Waals surface area contributed by atoms with Crippen LogP contribution in [0.2, 0.25) is 0 Å². The summed E-state index contributed by atoms with van der Waals surface area (Å²) >= 11 is 1.73. The number of benzene rings is 3. The molecule has 4 N–H and O–H groups in total. The van der Waals surface area contributed by atoms with Crippen LogP contribution in [0.1, 0.15) is 63.3 Å². The predicted octanol–water partition coefficient (Wildman–Crippen LogP) is 9.02. The fourth-order valence-corrected chi connectivity index (χ4v) is 7.91. The van der Waals surface area contributed by atoms with Gasteiger partial charge in [0.1, 0.15) is 17.7 Å². The van der Waals surface area contributed by atoms with Gasteiger partial charge in [0.05, 0.1) is 43.0 Å². The molecular formula is C39H46Cl3N7O3S. The lowest BCUT2D eigenvalue weighted by molar-refractivity contribution is -0.135. The Morgan fingerprint density at radius 2 is 1.51 bits per heavy atom. The standard InChI is InChI=1S/C39H43N7O3S.3ClH/c1-24(2)35(45-39(48)49-3)38(47)46-20-8-12-33(46)37-42-23-32(44-37)27-17-18-29(34(21-27)50-28-9-5-4-6-10-28)25-13-15-26(16-14-25)31-22-41-36(43-31)30-11-7-19-40-30;;;/h4-6,9-10,13-18,21-24,30,33,35,40H,7-8,11-12,19-20H2,1-3H3,(H,41,43)(H,42,44)(H,45,48);3*1H/t30-,33-,35-;;;/m0.../s1. The third-order valence-corrected chi connectivity index (χ3v) is 10.7. The second-order valence-electron chi connectivity index (χ2n) is 13.3. The lowest BCUT2D eigenvalue weighted by Crippen LogP contribution is -2.51. The van der Waals surface area contributed by atoms with Gasteiger partial charge in [-0.2, -0.15) is 0 Å². The van der Waals surface area contributed by atoms with E-state index in [2.05, 4.69) is 92.3 Å². The minimum Gasteiger partial charge on any atom is -0.453 e. The van der Waals surface area contributed by atoms with Crippen LogP contribution in [0.4, 0.5) is 4.79 Å². The van der Waals surface area contributed by atoms with Gasteiger partial charge in [0.2, 0.25) is 5.91 Å². The molecule has 3 aromatic carbocycles. The number of nitrogens with one attached hydrogen (secondary N) is 4. The lowest BCUT2D eigenvalue weighted by Gasteiger charge is -2.30. The van der Waals surface area contributed by atoms with E-state index in [-0.39, 0.29) is 55.1 Å². The van der Waals surface area contributed by atoms with E-state index >= 15 is 0 Å². The van der Waals surface area contributed by atoms with Crippen molar-refractivity contribution in [2.45, 2.75) is 67.4 Å². The second kappa shape index (κ2) is 18.9. The quantitative estimate of drug-likeness (QED) is 0.111. The fraction of sp³-hybridized carbons (Fsp3) is 0.333. The van der Waals surface area contributed by atoms with Crippen molar-refractivity contribution in [1.29, 1.82) is 0 Å². The number of hydrogen-bond acceptors (Lipinski definition) is 7. The second-order valence-corrected chi connectivity index (χ2v) is 14.4. The zero-order valence-electron chi connectivity index (χ0n) is 29.8. The third kappa shape index (κ3) is 9.39. The number of alkyl carbamates (subject to hydrolysis) is 1. The number of nitrogens with zero attached hydrogens (tertiary/aromatic N) is 3. The molecule has 0 saturated carbocycles. The first-order valence-corrected chi connectivity index (χ1v) is 18.2. The number of carbonyl (C=O) groups is 2. The Morgan fingerprint density at radius 1 is 0.849 bits per heavy atom. The summed E-state index contributed by atoms with van der Waals surface area (Å²) in [6.45, 7) is 5.48. The number of carbonyl (C=O) groups excluding carboxylic acids is 2. The van der Waals surface area contributed by atoms with Crippen LogP contribution in [0.25, 0.3) is 33.6 Å². The number of likely N-dealkylation sites (tertiary alicyclic amines) is 1. The molecule has 3 atom stereocenters. The van der Waals surface area contributed by atoms with Gasteiger partial charge in [0, 0.05) is 21.9 Å². The van der Waals surface area contributed by atoms with Crippen molar-refractivity contribution in [3.63, 3.8) is 0 Å². The molecule has 0 unspecified atom stereocenters. The maximum absolute atomic E-state index is 13.7. The first kappa shape index (κ1) is 41.8. The topological polar surface area (TPSA) is 128 Å². The Morgan fingerprint density at radius 3 is 2.19 bits per heavy atom. The Labute approximate surface area is 333 Å². The molecule has 0 bridgehead atoms. The van der Waals surface area contributed by atoms with Crippen LogP contribution in [0.3, 0.4) is 0 Å². The first-order chi connectivity index (χ1) is 24.4. The number of H-pyrrole nitrogens is 2. The zero-order valence-corrected chi connectivity index (χ0v) is 33.1. The monoisotopic (exact) mass is 797 g/mol. The summed E-state index contributed by atoms with van der Waals surface area (Å²) in [5, 5.41) is 6.23. The van der Waals surface area contributed by atoms with Crippen molar-refractivity contribution in [1.82, 2.24) is 35.5 Å². The van der Waals surface area contributed by atoms with Crippen molar-refractivity contribution < 1.29 is 14.3 Å². The van der Waals surface area contributed by atoms with Gasteiger partial charge in [-0.1, -0.05) is 80.2 Å². The summed E-state index contributed by atoms with van der Waals surface area (Å²) in [6, 6.07) is 25.0. The molecular weight excluding hydrogens is 753 g/mol. The molecule has 2 aliphatic heterocycles. The molecule has 0 radical (unpaired) electrons. The van der Waals surface area contributed by atoms with Gasteiger partial charge in [0.15, 0.2) is 0 Å². The Kier molecular flexibility index (Phi) is 14.8. The van der Waals surface area contributed by atoms with Crippen LogP contribution < -0.4 is 10.6 Å². The van der Waals surface area contributed by atoms with Gasteiger partial charge in [-0.25, -0.2) is 14.8 Å². The largest absolute Gasteiger partial charge is 0.453 e. The van der Waals surface area contributed by atoms with Crippen LogP contribution in [-0.2, 0) is 9.53 Å². The molecule has 4 heterocycles. The zero-order chi connectivity index (χ0) is 34.6. The van der Waals surface area contributed by atoms with E-state index in [4.69, 9.17) is 9.72 Å². The van der Waals surface area contributed by atoms with Gasteiger partial charge in [-0.05, 0) is 73.0 Å². The minimum absolute atomic E-state index is 0. The van der Waals surface area contributed by atoms with Gasteiger partial charge < -0.3 is 30.2 Å². The van der Waals surface area contributed by atoms with Crippen LogP contribution in [0.15, 0.2) is 95.0 Å². The average Bonchev–Trinajstić information content (AvgIpc) is 3.98. The summed E-state index contributed by atoms with van der Waals surface area (Å²) in [6.07, 6.45) is 7.11. The van der Waals surface area contributed by atoms with Crippen molar-refractivity contribution >= 4 is 61.0 Å². The molecule has 7 rings (SSSR count). The summed E-state index contributed by atoms with van der Waals surface area (Å²) < 4.78 is 4.78. The highest BCUT2D eigenvalue weighted by molar-refractivity contribution is 7.99. The van der Waals surface area contributed by atoms with Gasteiger partial charge >= 0.3 is 6.09 Å². The highest BCUT2D eigenvalue weighted by Crippen LogP contribution is 2.40. The Bertz CT molecular complexity index is 1950. The molecule has 282 valence electrons. The van der Waals surface area contributed by atoms with E-state index in [0.29, 0.717) is 12.6 Å². The molecule has 10 nitrogen and oxygen atoms in total. The van der Waals surface area contributed by atoms with Crippen LogP contribution in [0, 0.1) is 5.92 Å². The van der Waals surface area contributed by atoms with Crippen LogP contribution >= 0.6 is 49.0 Å². The van der Waals surface area contributed by atoms with Crippen molar-refractivity contribution in [3.05, 3.63) is 96.8 Å². The summed E-state index contributed by atoms with van der Waals surface area (Å²) in [5.41, 5.74) is 6.28. The van der Waals surface area contributed by atoms with Crippen molar-refractivity contribution in [2.75, 3.05) is 20.2 Å². The number of aromatic amines is 2. The molecule has 2 amide bonds. The number of rotatable bonds is 10. The molecule has 53 heavy (non-hydrogen) atoms. The van der Waals surface area contributed by atoms with E-state index in [1.807, 2.05) is 37.2 Å². The van der Waals surface area contributed by atoms with E-state index in [0.717, 1.165) is 80.9 Å². The molecule has 0 spiro atoms. The first-order valence-electron chi connectivity index (χ1n) is 17.3. The van der Waals surface area contributed by atoms with Crippen molar-refractivity contribution in [3.8, 4) is 33.6 Å². The summed E-state index contributed by atoms with van der Waals surface area (Å²) in [4.78, 5) is 46.2. The number of halogens is 3. The molecule has 2 aromatic heterocycles. The average molecular weight is 799 g/mol. The number of methoxy groups -OCH3 is 1. The number of amides is 2. The predicted molar refractivity (Wildman–Crippen MR) is 217 cm³/mol. The highest BCUT2D eigenvalue weighted by Gasteiger charge is 2.37. The van der Waals surface area contributed by atoms with Crippen LogP contribution in [-0.4, -0.2) is 63.1 Å². The maximum atomic E-state index is 13.7. The normalized spacial score (nSPS) is 17.0. The smallest absolute Gasteiger partial charge is 0.407 e. The lowest BCUT2D eigenvalue weighted by atomic mass is 10.0. The van der Waals surface area contributed by atoms with E-state index < -0.39 is 12.1 Å². The van der Waals surface area contributed by atoms with E-state index in [1.165, 1.54) is 13.5 Å².